The SMILES string of the molecule is CCOc1cc(C=NNC(=O)CCNC(=O)c2ccccc2F)ccc1OC(C)C. The highest BCUT2D eigenvalue weighted by Gasteiger charge is 2.11. The van der Waals surface area contributed by atoms with Crippen LogP contribution in [0.1, 0.15) is 43.1 Å². The molecule has 0 saturated carbocycles. The van der Waals surface area contributed by atoms with Gasteiger partial charge in [-0.25, -0.2) is 9.82 Å². The number of carbonyl (C=O) groups excluding carboxylic acids is 2. The largest absolute Gasteiger partial charge is 0.490 e. The van der Waals surface area contributed by atoms with E-state index in [0.717, 1.165) is 5.56 Å². The Kier molecular flexibility index (Phi) is 8.80. The Morgan fingerprint density at radius 3 is 2.63 bits per heavy atom. The summed E-state index contributed by atoms with van der Waals surface area (Å²) in [5.74, 6) is -0.335. The molecule has 8 heteroatoms. The van der Waals surface area contributed by atoms with Crippen molar-refractivity contribution in [1.82, 2.24) is 10.7 Å². The molecule has 2 N–H and O–H groups in total. The lowest BCUT2D eigenvalue weighted by Crippen LogP contribution is -2.29. The third kappa shape index (κ3) is 7.20. The standard InChI is InChI=1S/C22H26FN3O4/c1-4-29-20-13-16(9-10-19(20)30-15(2)3)14-25-26-21(27)11-12-24-22(28)17-7-5-6-8-18(17)23/h5-10,13-15H,4,11-12H2,1-3H3,(H,24,28)(H,26,27). The normalized spacial score (nSPS) is 10.8. The number of nitrogens with one attached hydrogen (secondary N) is 2. The van der Waals surface area contributed by atoms with Gasteiger partial charge in [0.15, 0.2) is 11.5 Å². The van der Waals surface area contributed by atoms with Crippen LogP contribution in [0, 0.1) is 5.82 Å². The molecule has 2 aromatic rings. The van der Waals surface area contributed by atoms with Crippen molar-refractivity contribution in [2.75, 3.05) is 13.2 Å². The number of amides is 2. The molecule has 2 aromatic carbocycles. The minimum atomic E-state index is -0.611. The van der Waals surface area contributed by atoms with Gasteiger partial charge in [0, 0.05) is 13.0 Å². The summed E-state index contributed by atoms with van der Waals surface area (Å²) < 4.78 is 24.8. The van der Waals surface area contributed by atoms with Gasteiger partial charge < -0.3 is 14.8 Å². The first-order valence-electron chi connectivity index (χ1n) is 9.68. The average Bonchev–Trinajstić information content (AvgIpc) is 2.70. The number of hydrogen-bond donors (Lipinski definition) is 2. The van der Waals surface area contributed by atoms with Crippen molar-refractivity contribution < 1.29 is 23.5 Å². The zero-order chi connectivity index (χ0) is 21.9. The van der Waals surface area contributed by atoms with Crippen LogP contribution >= 0.6 is 0 Å². The molecule has 0 aliphatic rings. The van der Waals surface area contributed by atoms with E-state index in [-0.39, 0.29) is 30.5 Å². The number of carbonyl (C=O) groups is 2. The number of rotatable bonds is 10. The fraction of sp³-hybridized carbons (Fsp3) is 0.318. The van der Waals surface area contributed by atoms with Crippen molar-refractivity contribution in [3.05, 3.63) is 59.4 Å². The van der Waals surface area contributed by atoms with E-state index in [9.17, 15) is 14.0 Å². The summed E-state index contributed by atoms with van der Waals surface area (Å²) in [6.45, 7) is 6.29. The minimum absolute atomic E-state index is 0.00287. The summed E-state index contributed by atoms with van der Waals surface area (Å²) >= 11 is 0. The first-order chi connectivity index (χ1) is 14.4. The fourth-order valence-electron chi connectivity index (χ4n) is 2.49. The Balaban J connectivity index is 1.83. The highest BCUT2D eigenvalue weighted by molar-refractivity contribution is 5.94. The summed E-state index contributed by atoms with van der Waals surface area (Å²) in [4.78, 5) is 23.8. The van der Waals surface area contributed by atoms with Gasteiger partial charge in [-0.1, -0.05) is 12.1 Å². The zero-order valence-corrected chi connectivity index (χ0v) is 17.3. The van der Waals surface area contributed by atoms with Gasteiger partial charge in [-0.2, -0.15) is 5.10 Å². The van der Waals surface area contributed by atoms with Gasteiger partial charge in [0.05, 0.1) is 24.5 Å². The fourth-order valence-corrected chi connectivity index (χ4v) is 2.49. The number of hydrogen-bond acceptors (Lipinski definition) is 5. The summed E-state index contributed by atoms with van der Waals surface area (Å²) in [6.07, 6.45) is 1.50. The molecular formula is C22H26FN3O4. The van der Waals surface area contributed by atoms with Gasteiger partial charge in [-0.3, -0.25) is 9.59 Å². The molecule has 0 fully saturated rings. The molecule has 2 rings (SSSR count). The van der Waals surface area contributed by atoms with Crippen molar-refractivity contribution in [3.63, 3.8) is 0 Å². The van der Waals surface area contributed by atoms with Crippen LogP contribution in [0.5, 0.6) is 11.5 Å². The molecule has 0 bridgehead atoms. The molecular weight excluding hydrogens is 389 g/mol. The van der Waals surface area contributed by atoms with E-state index < -0.39 is 11.7 Å². The first kappa shape index (κ1) is 22.9. The molecule has 0 aromatic heterocycles. The van der Waals surface area contributed by atoms with Gasteiger partial charge >= 0.3 is 0 Å². The van der Waals surface area contributed by atoms with Crippen molar-refractivity contribution >= 4 is 18.0 Å². The molecule has 160 valence electrons. The average molecular weight is 415 g/mol. The summed E-state index contributed by atoms with van der Waals surface area (Å²) in [5.41, 5.74) is 3.05. The van der Waals surface area contributed by atoms with Gasteiger partial charge in [-0.15, -0.1) is 0 Å². The monoisotopic (exact) mass is 415 g/mol. The van der Waals surface area contributed by atoms with Gasteiger partial charge in [-0.05, 0) is 56.7 Å². The minimum Gasteiger partial charge on any atom is -0.490 e. The number of nitrogens with zero attached hydrogens (tertiary/aromatic N) is 1. The van der Waals surface area contributed by atoms with Gasteiger partial charge in [0.25, 0.3) is 5.91 Å². The van der Waals surface area contributed by atoms with E-state index in [1.54, 1.807) is 24.3 Å². The van der Waals surface area contributed by atoms with E-state index >= 15 is 0 Å². The Morgan fingerprint density at radius 1 is 1.17 bits per heavy atom. The molecule has 7 nitrogen and oxygen atoms in total. The highest BCUT2D eigenvalue weighted by Crippen LogP contribution is 2.28. The summed E-state index contributed by atoms with van der Waals surface area (Å²) in [6, 6.07) is 11.0. The summed E-state index contributed by atoms with van der Waals surface area (Å²) in [5, 5.41) is 6.41. The van der Waals surface area contributed by atoms with Crippen molar-refractivity contribution in [2.45, 2.75) is 33.3 Å². The Labute approximate surface area is 175 Å². The van der Waals surface area contributed by atoms with Crippen LogP contribution in [-0.2, 0) is 4.79 Å². The van der Waals surface area contributed by atoms with E-state index in [2.05, 4.69) is 15.8 Å². The molecule has 0 heterocycles. The van der Waals surface area contributed by atoms with Gasteiger partial charge in [0.1, 0.15) is 5.82 Å². The Hall–Kier alpha value is -3.42. The first-order valence-corrected chi connectivity index (χ1v) is 9.68. The van der Waals surface area contributed by atoms with Crippen molar-refractivity contribution in [2.24, 2.45) is 5.10 Å². The van der Waals surface area contributed by atoms with Crippen molar-refractivity contribution in [3.8, 4) is 11.5 Å². The van der Waals surface area contributed by atoms with E-state index in [1.807, 2.05) is 20.8 Å². The van der Waals surface area contributed by atoms with Crippen LogP contribution in [0.4, 0.5) is 4.39 Å². The molecule has 0 atom stereocenters. The lowest BCUT2D eigenvalue weighted by Gasteiger charge is -2.14. The lowest BCUT2D eigenvalue weighted by molar-refractivity contribution is -0.120. The molecule has 0 aliphatic carbocycles. The van der Waals surface area contributed by atoms with Crippen LogP contribution in [0.25, 0.3) is 0 Å². The van der Waals surface area contributed by atoms with E-state index in [1.165, 1.54) is 24.4 Å². The van der Waals surface area contributed by atoms with Crippen LogP contribution in [0.3, 0.4) is 0 Å². The Morgan fingerprint density at radius 2 is 1.93 bits per heavy atom. The number of halogens is 1. The quantitative estimate of drug-likeness (QED) is 0.460. The highest BCUT2D eigenvalue weighted by atomic mass is 19.1. The number of ether oxygens (including phenoxy) is 2. The molecule has 0 unspecified atom stereocenters. The molecule has 30 heavy (non-hydrogen) atoms. The molecule has 0 radical (unpaired) electrons. The molecule has 0 spiro atoms. The maximum atomic E-state index is 13.5. The number of benzene rings is 2. The second kappa shape index (κ2) is 11.5. The summed E-state index contributed by atoms with van der Waals surface area (Å²) in [7, 11) is 0. The zero-order valence-electron chi connectivity index (χ0n) is 17.3. The number of hydrazone groups is 1. The Bertz CT molecular complexity index is 900. The predicted octanol–water partition coefficient (Wildman–Crippen LogP) is 3.28. The van der Waals surface area contributed by atoms with Gasteiger partial charge in [0.2, 0.25) is 5.91 Å². The van der Waals surface area contributed by atoms with Crippen LogP contribution in [0.15, 0.2) is 47.6 Å². The third-order valence-corrected chi connectivity index (χ3v) is 3.79. The topological polar surface area (TPSA) is 89.0 Å². The maximum absolute atomic E-state index is 13.5. The van der Waals surface area contributed by atoms with Crippen LogP contribution in [0.2, 0.25) is 0 Å². The second-order valence-corrected chi connectivity index (χ2v) is 6.58. The predicted molar refractivity (Wildman–Crippen MR) is 112 cm³/mol. The molecule has 0 aliphatic heterocycles. The van der Waals surface area contributed by atoms with Crippen molar-refractivity contribution in [1.29, 1.82) is 0 Å². The smallest absolute Gasteiger partial charge is 0.254 e. The van der Waals surface area contributed by atoms with E-state index in [0.29, 0.717) is 18.1 Å². The second-order valence-electron chi connectivity index (χ2n) is 6.58. The van der Waals surface area contributed by atoms with E-state index in [4.69, 9.17) is 9.47 Å². The molecule has 0 saturated heterocycles. The maximum Gasteiger partial charge on any atom is 0.254 e. The van der Waals surface area contributed by atoms with Crippen LogP contribution in [-0.4, -0.2) is 37.3 Å². The van der Waals surface area contributed by atoms with Crippen LogP contribution < -0.4 is 20.2 Å². The third-order valence-electron chi connectivity index (χ3n) is 3.79. The molecule has 2 amide bonds. The lowest BCUT2D eigenvalue weighted by atomic mass is 10.2.